The minimum absolute atomic E-state index is 0.401. The highest BCUT2D eigenvalue weighted by Crippen LogP contribution is 2.14. The number of carbonyl (C=O) groups excluding carboxylic acids is 1. The maximum Gasteiger partial charge on any atom is 0.252 e. The number of halogens is 1. The van der Waals surface area contributed by atoms with Crippen LogP contribution in [0.1, 0.15) is 6.92 Å². The zero-order valence-corrected chi connectivity index (χ0v) is 8.71. The number of aliphatic hydroxyl groups excluding tert-OH is 1. The number of amides is 1. The number of hydrogen-bond donors (Lipinski definition) is 2. The molecule has 0 aliphatic heterocycles. The van der Waals surface area contributed by atoms with Gasteiger partial charge in [-0.05, 0) is 31.2 Å². The van der Waals surface area contributed by atoms with Gasteiger partial charge in [-0.25, -0.2) is 0 Å². The number of carbonyl (C=O) groups is 1. The van der Waals surface area contributed by atoms with Gasteiger partial charge < -0.3 is 10.4 Å². The molecule has 3 nitrogen and oxygen atoms in total. The molecule has 0 fully saturated rings. The van der Waals surface area contributed by atoms with Crippen LogP contribution in [-0.4, -0.2) is 17.1 Å². The molecule has 1 amide bonds. The fourth-order valence-corrected chi connectivity index (χ4v) is 1.04. The number of benzene rings is 1. The summed E-state index contributed by atoms with van der Waals surface area (Å²) in [7, 11) is 0. The fourth-order valence-electron chi connectivity index (χ4n) is 0.780. The first-order valence-corrected chi connectivity index (χ1v) is 4.63. The summed E-state index contributed by atoms with van der Waals surface area (Å²) < 4.78 is 0.947. The van der Waals surface area contributed by atoms with Gasteiger partial charge in [0.15, 0.2) is 0 Å². The Hall–Kier alpha value is -0.870. The third-order valence-corrected chi connectivity index (χ3v) is 2.02. The van der Waals surface area contributed by atoms with Gasteiger partial charge in [-0.1, -0.05) is 15.9 Å². The van der Waals surface area contributed by atoms with Crippen molar-refractivity contribution in [2.45, 2.75) is 13.0 Å². The molecule has 2 N–H and O–H groups in total. The molecule has 1 atom stereocenters. The largest absolute Gasteiger partial charge is 0.384 e. The normalized spacial score (nSPS) is 12.2. The zero-order valence-electron chi connectivity index (χ0n) is 7.12. The first-order chi connectivity index (χ1) is 6.09. The van der Waals surface area contributed by atoms with Crippen molar-refractivity contribution in [1.29, 1.82) is 0 Å². The van der Waals surface area contributed by atoms with E-state index in [1.165, 1.54) is 6.92 Å². The topological polar surface area (TPSA) is 49.3 Å². The maximum absolute atomic E-state index is 11.0. The number of aliphatic hydroxyl groups is 1. The minimum atomic E-state index is -0.983. The summed E-state index contributed by atoms with van der Waals surface area (Å²) in [6.45, 7) is 1.42. The summed E-state index contributed by atoms with van der Waals surface area (Å²) in [5.74, 6) is -0.401. The molecule has 0 aliphatic rings. The molecule has 0 saturated heterocycles. The average Bonchev–Trinajstić information content (AvgIpc) is 2.08. The Bertz CT molecular complexity index is 295. The van der Waals surface area contributed by atoms with Crippen LogP contribution in [0.5, 0.6) is 0 Å². The lowest BCUT2D eigenvalue weighted by Crippen LogP contribution is -2.24. The van der Waals surface area contributed by atoms with Gasteiger partial charge in [-0.3, -0.25) is 4.79 Å². The fraction of sp³-hybridized carbons (Fsp3) is 0.222. The van der Waals surface area contributed by atoms with Crippen LogP contribution in [0.4, 0.5) is 5.69 Å². The molecule has 1 unspecified atom stereocenters. The van der Waals surface area contributed by atoms with E-state index >= 15 is 0 Å². The van der Waals surface area contributed by atoms with E-state index in [-0.39, 0.29) is 0 Å². The first kappa shape index (κ1) is 10.2. The van der Waals surface area contributed by atoms with Crippen LogP contribution in [-0.2, 0) is 4.79 Å². The number of anilines is 1. The van der Waals surface area contributed by atoms with Crippen molar-refractivity contribution in [2.75, 3.05) is 5.32 Å². The highest BCUT2D eigenvalue weighted by molar-refractivity contribution is 9.10. The second-order valence-corrected chi connectivity index (χ2v) is 3.59. The predicted octanol–water partition coefficient (Wildman–Crippen LogP) is 1.77. The number of hydrogen-bond acceptors (Lipinski definition) is 2. The van der Waals surface area contributed by atoms with E-state index in [0.717, 1.165) is 4.47 Å². The SMILES string of the molecule is CC(O)C(=O)Nc1ccc(Br)cc1. The standard InChI is InChI=1S/C9H10BrNO2/c1-6(12)9(13)11-8-4-2-7(10)3-5-8/h2-6,12H,1H3,(H,11,13). The van der Waals surface area contributed by atoms with Crippen molar-refractivity contribution in [3.05, 3.63) is 28.7 Å². The second kappa shape index (κ2) is 4.39. The molecule has 0 saturated carbocycles. The van der Waals surface area contributed by atoms with E-state index in [1.807, 2.05) is 12.1 Å². The smallest absolute Gasteiger partial charge is 0.252 e. The van der Waals surface area contributed by atoms with Crippen molar-refractivity contribution < 1.29 is 9.90 Å². The zero-order chi connectivity index (χ0) is 9.84. The molecule has 4 heteroatoms. The Morgan fingerprint density at radius 2 is 2.00 bits per heavy atom. The Balaban J connectivity index is 2.65. The highest BCUT2D eigenvalue weighted by atomic mass is 79.9. The van der Waals surface area contributed by atoms with Crippen molar-refractivity contribution in [1.82, 2.24) is 0 Å². The third kappa shape index (κ3) is 3.16. The first-order valence-electron chi connectivity index (χ1n) is 3.84. The molecule has 1 aromatic rings. The van der Waals surface area contributed by atoms with E-state index in [4.69, 9.17) is 5.11 Å². The lowest BCUT2D eigenvalue weighted by Gasteiger charge is -2.06. The van der Waals surface area contributed by atoms with Gasteiger partial charge in [-0.15, -0.1) is 0 Å². The van der Waals surface area contributed by atoms with Gasteiger partial charge in [-0.2, -0.15) is 0 Å². The minimum Gasteiger partial charge on any atom is -0.384 e. The molecule has 0 aromatic heterocycles. The van der Waals surface area contributed by atoms with Gasteiger partial charge in [0.2, 0.25) is 0 Å². The van der Waals surface area contributed by atoms with Gasteiger partial charge >= 0.3 is 0 Å². The van der Waals surface area contributed by atoms with Crippen LogP contribution >= 0.6 is 15.9 Å². The van der Waals surface area contributed by atoms with Crippen LogP contribution in [0.15, 0.2) is 28.7 Å². The molecule has 0 aliphatic carbocycles. The lowest BCUT2D eigenvalue weighted by atomic mass is 10.3. The van der Waals surface area contributed by atoms with Crippen molar-refractivity contribution in [2.24, 2.45) is 0 Å². The van der Waals surface area contributed by atoms with Crippen LogP contribution in [0, 0.1) is 0 Å². The Kier molecular flexibility index (Phi) is 3.45. The van der Waals surface area contributed by atoms with Crippen LogP contribution in [0.25, 0.3) is 0 Å². The van der Waals surface area contributed by atoms with Gasteiger partial charge in [0, 0.05) is 10.2 Å². The quantitative estimate of drug-likeness (QED) is 0.832. The predicted molar refractivity (Wildman–Crippen MR) is 54.5 cm³/mol. The van der Waals surface area contributed by atoms with Crippen LogP contribution < -0.4 is 5.32 Å². The van der Waals surface area contributed by atoms with E-state index in [2.05, 4.69) is 21.2 Å². The van der Waals surface area contributed by atoms with Crippen LogP contribution in [0.2, 0.25) is 0 Å². The summed E-state index contributed by atoms with van der Waals surface area (Å²) in [4.78, 5) is 11.0. The second-order valence-electron chi connectivity index (χ2n) is 2.67. The summed E-state index contributed by atoms with van der Waals surface area (Å²) >= 11 is 3.28. The average molecular weight is 244 g/mol. The summed E-state index contributed by atoms with van der Waals surface area (Å²) in [6, 6.07) is 7.14. The van der Waals surface area contributed by atoms with E-state index in [1.54, 1.807) is 12.1 Å². The monoisotopic (exact) mass is 243 g/mol. The maximum atomic E-state index is 11.0. The molecular formula is C9H10BrNO2. The summed E-state index contributed by atoms with van der Waals surface area (Å²) in [5, 5.41) is 11.5. The number of nitrogens with one attached hydrogen (secondary N) is 1. The Morgan fingerprint density at radius 3 is 2.46 bits per heavy atom. The Labute approximate surface area is 84.9 Å². The Morgan fingerprint density at radius 1 is 1.46 bits per heavy atom. The summed E-state index contributed by atoms with van der Waals surface area (Å²) in [6.07, 6.45) is -0.983. The molecule has 0 spiro atoms. The molecule has 0 radical (unpaired) electrons. The van der Waals surface area contributed by atoms with E-state index in [0.29, 0.717) is 5.69 Å². The van der Waals surface area contributed by atoms with Crippen molar-refractivity contribution >= 4 is 27.5 Å². The van der Waals surface area contributed by atoms with Crippen LogP contribution in [0.3, 0.4) is 0 Å². The third-order valence-electron chi connectivity index (χ3n) is 1.49. The molecular weight excluding hydrogens is 234 g/mol. The molecule has 13 heavy (non-hydrogen) atoms. The molecule has 70 valence electrons. The lowest BCUT2D eigenvalue weighted by molar-refractivity contribution is -0.123. The number of rotatable bonds is 2. The molecule has 1 rings (SSSR count). The summed E-state index contributed by atoms with van der Waals surface area (Å²) in [5.41, 5.74) is 0.675. The molecule has 0 bridgehead atoms. The highest BCUT2D eigenvalue weighted by Gasteiger charge is 2.07. The van der Waals surface area contributed by atoms with Gasteiger partial charge in [0.25, 0.3) is 5.91 Å². The van der Waals surface area contributed by atoms with Crippen molar-refractivity contribution in [3.63, 3.8) is 0 Å². The van der Waals surface area contributed by atoms with E-state index < -0.39 is 12.0 Å². The van der Waals surface area contributed by atoms with Gasteiger partial charge in [0.05, 0.1) is 0 Å². The van der Waals surface area contributed by atoms with Gasteiger partial charge in [0.1, 0.15) is 6.10 Å². The van der Waals surface area contributed by atoms with Crippen molar-refractivity contribution in [3.8, 4) is 0 Å². The van der Waals surface area contributed by atoms with E-state index in [9.17, 15) is 4.79 Å². The molecule has 0 heterocycles. The molecule has 1 aromatic carbocycles.